The van der Waals surface area contributed by atoms with Crippen molar-refractivity contribution >= 4 is 50.3 Å². The number of nitrogens with zero attached hydrogens (tertiary/aromatic N) is 2. The van der Waals surface area contributed by atoms with Gasteiger partial charge in [-0.05, 0) is 59.5 Å². The van der Waals surface area contributed by atoms with E-state index in [4.69, 9.17) is 17.3 Å². The minimum atomic E-state index is -4.59. The van der Waals surface area contributed by atoms with Crippen molar-refractivity contribution in [1.82, 2.24) is 0 Å². The van der Waals surface area contributed by atoms with Gasteiger partial charge in [0.2, 0.25) is 0 Å². The summed E-state index contributed by atoms with van der Waals surface area (Å²) in [6.07, 6.45) is -2.57. The molecule has 0 saturated heterocycles. The van der Waals surface area contributed by atoms with Crippen molar-refractivity contribution < 1.29 is 18.0 Å². The number of carbonyl (C=O) groups excluding carboxylic acids is 1. The molecule has 1 atom stereocenters. The zero-order valence-corrected chi connectivity index (χ0v) is 20.6. The predicted octanol–water partition coefficient (Wildman–Crippen LogP) is 7.05. The van der Waals surface area contributed by atoms with Crippen LogP contribution >= 0.6 is 38.9 Å². The zero-order chi connectivity index (χ0) is 24.1. The Bertz CT molecular complexity index is 1260. The molecule has 1 aliphatic heterocycles. The van der Waals surface area contributed by atoms with Crippen LogP contribution in [0.1, 0.15) is 47.4 Å². The van der Waals surface area contributed by atoms with Crippen LogP contribution in [0.25, 0.3) is 0 Å². The number of Topliss-reactive ketones (excluding diaryl/α,β-unsaturated/α-hetero) is 1. The molecule has 0 saturated carbocycles. The van der Waals surface area contributed by atoms with Gasteiger partial charge in [-0.15, -0.1) is 11.3 Å². The second kappa shape index (κ2) is 8.82. The van der Waals surface area contributed by atoms with Crippen molar-refractivity contribution in [2.24, 2.45) is 5.73 Å². The lowest BCUT2D eigenvalue weighted by atomic mass is 9.78. The number of halogens is 5. The third-order valence-corrected chi connectivity index (χ3v) is 8.44. The van der Waals surface area contributed by atoms with Gasteiger partial charge in [0.05, 0.1) is 33.8 Å². The largest absolute Gasteiger partial charge is 0.416 e. The van der Waals surface area contributed by atoms with Crippen molar-refractivity contribution in [2.75, 3.05) is 4.90 Å². The molecule has 2 aromatic rings. The zero-order valence-electron chi connectivity index (χ0n) is 17.4. The van der Waals surface area contributed by atoms with E-state index in [0.717, 1.165) is 38.8 Å². The Morgan fingerprint density at radius 1 is 1.33 bits per heavy atom. The number of anilines is 1. The molecule has 1 aliphatic carbocycles. The highest BCUT2D eigenvalue weighted by atomic mass is 79.9. The predicted molar refractivity (Wildman–Crippen MR) is 126 cm³/mol. The third kappa shape index (κ3) is 4.09. The lowest BCUT2D eigenvalue weighted by molar-refractivity contribution is -0.137. The summed E-state index contributed by atoms with van der Waals surface area (Å²) in [6, 6.07) is 6.96. The first-order valence-electron chi connectivity index (χ1n) is 10.2. The molecule has 10 heteroatoms. The van der Waals surface area contributed by atoms with Crippen LogP contribution < -0.4 is 10.6 Å². The minimum Gasteiger partial charge on any atom is -0.384 e. The van der Waals surface area contributed by atoms with Crippen LogP contribution in [0.2, 0.25) is 5.02 Å². The van der Waals surface area contributed by atoms with Gasteiger partial charge < -0.3 is 5.73 Å². The number of nitrogens with two attached hydrogens (primary N) is 1. The van der Waals surface area contributed by atoms with Crippen LogP contribution in [0, 0.1) is 11.3 Å². The van der Waals surface area contributed by atoms with Crippen molar-refractivity contribution in [3.05, 3.63) is 71.7 Å². The van der Waals surface area contributed by atoms with Gasteiger partial charge in [0.1, 0.15) is 5.82 Å². The lowest BCUT2D eigenvalue weighted by Gasteiger charge is -2.39. The summed E-state index contributed by atoms with van der Waals surface area (Å²) in [5, 5.41) is 10.1. The lowest BCUT2D eigenvalue weighted by Crippen LogP contribution is -2.38. The van der Waals surface area contributed by atoms with E-state index >= 15 is 0 Å². The van der Waals surface area contributed by atoms with E-state index < -0.39 is 17.7 Å². The fraction of sp³-hybridized carbons (Fsp3) is 0.304. The highest BCUT2D eigenvalue weighted by Crippen LogP contribution is 2.50. The van der Waals surface area contributed by atoms with Crippen LogP contribution in [-0.2, 0) is 17.4 Å². The van der Waals surface area contributed by atoms with Crippen LogP contribution in [-0.4, -0.2) is 5.78 Å². The Balaban J connectivity index is 1.98. The smallest absolute Gasteiger partial charge is 0.384 e. The average molecular weight is 557 g/mol. The molecule has 0 spiro atoms. The molecule has 172 valence electrons. The molecule has 2 heterocycles. The Hall–Kier alpha value is -2.28. The van der Waals surface area contributed by atoms with E-state index in [1.807, 2.05) is 13.0 Å². The number of benzene rings is 1. The summed E-state index contributed by atoms with van der Waals surface area (Å²) in [4.78, 5) is 16.4. The van der Waals surface area contributed by atoms with Crippen molar-refractivity contribution in [3.8, 4) is 6.07 Å². The summed E-state index contributed by atoms with van der Waals surface area (Å²) in [6.45, 7) is 2.00. The van der Waals surface area contributed by atoms with Crippen molar-refractivity contribution in [2.45, 2.75) is 44.7 Å². The second-order valence-corrected chi connectivity index (χ2v) is 10.2. The van der Waals surface area contributed by atoms with Gasteiger partial charge in [0.15, 0.2) is 5.78 Å². The number of alkyl halides is 3. The normalized spacial score (nSPS) is 19.1. The maximum atomic E-state index is 13.4. The second-order valence-electron chi connectivity index (χ2n) is 7.75. The summed E-state index contributed by atoms with van der Waals surface area (Å²) in [5.41, 5.74) is 6.56. The number of ketones is 1. The first kappa shape index (κ1) is 23.9. The van der Waals surface area contributed by atoms with E-state index in [2.05, 4.69) is 22.0 Å². The maximum Gasteiger partial charge on any atom is 0.416 e. The molecule has 1 aromatic carbocycles. The molecule has 0 radical (unpaired) electrons. The van der Waals surface area contributed by atoms with Crippen molar-refractivity contribution in [1.29, 1.82) is 5.26 Å². The topological polar surface area (TPSA) is 70.1 Å². The Labute approximate surface area is 206 Å². The fourth-order valence-corrected chi connectivity index (χ4v) is 6.55. The number of rotatable bonds is 3. The number of aryl methyl sites for hydroxylation is 1. The molecule has 1 unspecified atom stereocenters. The van der Waals surface area contributed by atoms with Crippen LogP contribution in [0.5, 0.6) is 0 Å². The van der Waals surface area contributed by atoms with Crippen LogP contribution in [0.4, 0.5) is 18.9 Å². The quantitative estimate of drug-likeness (QED) is 0.440. The third-order valence-electron chi connectivity index (χ3n) is 5.81. The number of thiophene rings is 1. The van der Waals surface area contributed by atoms with Crippen LogP contribution in [0.15, 0.2) is 51.4 Å². The van der Waals surface area contributed by atoms with Gasteiger partial charge in [-0.2, -0.15) is 18.4 Å². The van der Waals surface area contributed by atoms with E-state index in [1.54, 1.807) is 0 Å². The molecule has 33 heavy (non-hydrogen) atoms. The van der Waals surface area contributed by atoms with Gasteiger partial charge in [-0.3, -0.25) is 9.69 Å². The Morgan fingerprint density at radius 2 is 2.06 bits per heavy atom. The monoisotopic (exact) mass is 555 g/mol. The van der Waals surface area contributed by atoms with Crippen molar-refractivity contribution in [3.63, 3.8) is 0 Å². The summed E-state index contributed by atoms with van der Waals surface area (Å²) >= 11 is 11.3. The summed E-state index contributed by atoms with van der Waals surface area (Å²) in [5.74, 6) is -0.822. The number of hydrogen-bond acceptors (Lipinski definition) is 5. The van der Waals surface area contributed by atoms with E-state index in [0.29, 0.717) is 30.5 Å². The van der Waals surface area contributed by atoms with Crippen LogP contribution in [0.3, 0.4) is 0 Å². The highest BCUT2D eigenvalue weighted by molar-refractivity contribution is 9.10. The summed E-state index contributed by atoms with van der Waals surface area (Å²) in [7, 11) is 0. The van der Waals surface area contributed by atoms with Gasteiger partial charge in [-0.1, -0.05) is 18.5 Å². The fourth-order valence-electron chi connectivity index (χ4n) is 4.32. The van der Waals surface area contributed by atoms with Gasteiger partial charge in [-0.25, -0.2) is 0 Å². The molecular weight excluding hydrogens is 539 g/mol. The number of hydrogen-bond donors (Lipinski definition) is 1. The minimum absolute atomic E-state index is 0.000927. The first-order valence-corrected chi connectivity index (χ1v) is 12.2. The van der Waals surface area contributed by atoms with E-state index in [9.17, 15) is 23.2 Å². The molecule has 1 aromatic heterocycles. The molecule has 4 nitrogen and oxygen atoms in total. The molecule has 2 aliphatic rings. The maximum absolute atomic E-state index is 13.4. The number of allylic oxidation sites excluding steroid dienone is 3. The molecule has 2 N–H and O–H groups in total. The number of carbonyl (C=O) groups is 1. The number of nitriles is 1. The Kier molecular flexibility index (Phi) is 6.38. The van der Waals surface area contributed by atoms with E-state index in [-0.39, 0.29) is 27.9 Å². The average Bonchev–Trinajstić information content (AvgIpc) is 3.13. The molecule has 0 fully saturated rings. The van der Waals surface area contributed by atoms with Gasteiger partial charge in [0.25, 0.3) is 0 Å². The van der Waals surface area contributed by atoms with Gasteiger partial charge in [0, 0.05) is 31.9 Å². The molecule has 0 bridgehead atoms. The molecule has 4 rings (SSSR count). The molecule has 0 amide bonds. The van der Waals surface area contributed by atoms with E-state index in [1.165, 1.54) is 16.2 Å². The SMILES string of the molecule is CCc1sc(C2C(C#N)=C(N)N(c3cc(C(F)(F)F)ccc3Cl)C3=C2C(=O)CCC3)cc1Br. The van der Waals surface area contributed by atoms with Gasteiger partial charge >= 0.3 is 6.18 Å². The highest BCUT2D eigenvalue weighted by Gasteiger charge is 2.42. The summed E-state index contributed by atoms with van der Waals surface area (Å²) < 4.78 is 41.2. The molecular formula is C23H18BrClF3N3OS. The standard InChI is InChI=1S/C23H18BrClF3N3OS/c1-2-18-13(24)9-19(33-18)20-12(10-29)22(30)31(15-4-3-5-17(32)21(15)20)16-8-11(23(26,27)28)6-7-14(16)25/h6-9,20H,2-5,30H2,1H3. The Morgan fingerprint density at radius 3 is 2.67 bits per heavy atom. The first-order chi connectivity index (χ1) is 15.6.